The average Bonchev–Trinajstić information content (AvgIpc) is 2.59. The van der Waals surface area contributed by atoms with Gasteiger partial charge in [0.25, 0.3) is 5.91 Å². The molecule has 0 atom stereocenters. The first-order valence-electron chi connectivity index (χ1n) is 8.61. The first-order chi connectivity index (χ1) is 11.6. The SMILES string of the molecule is CCCc1ccc(OCC(=O)NCCNC(=O)N(CC)CC)cc1. The highest BCUT2D eigenvalue weighted by Gasteiger charge is 2.08. The lowest BCUT2D eigenvalue weighted by molar-refractivity contribution is -0.123. The van der Waals surface area contributed by atoms with Gasteiger partial charge in [-0.25, -0.2) is 4.79 Å². The van der Waals surface area contributed by atoms with E-state index in [-0.39, 0.29) is 18.5 Å². The molecule has 134 valence electrons. The van der Waals surface area contributed by atoms with Crippen molar-refractivity contribution >= 4 is 11.9 Å². The van der Waals surface area contributed by atoms with E-state index < -0.39 is 0 Å². The summed E-state index contributed by atoms with van der Waals surface area (Å²) in [6.45, 7) is 8.07. The Hall–Kier alpha value is -2.24. The van der Waals surface area contributed by atoms with Gasteiger partial charge in [0.2, 0.25) is 0 Å². The maximum absolute atomic E-state index is 11.7. The van der Waals surface area contributed by atoms with E-state index in [2.05, 4.69) is 17.6 Å². The van der Waals surface area contributed by atoms with Gasteiger partial charge in [0.1, 0.15) is 5.75 Å². The Balaban J connectivity index is 2.19. The zero-order chi connectivity index (χ0) is 17.8. The summed E-state index contributed by atoms with van der Waals surface area (Å²) in [5, 5.41) is 5.48. The monoisotopic (exact) mass is 335 g/mol. The van der Waals surface area contributed by atoms with Gasteiger partial charge in [-0.2, -0.15) is 0 Å². The highest BCUT2D eigenvalue weighted by Crippen LogP contribution is 2.13. The van der Waals surface area contributed by atoms with E-state index in [1.54, 1.807) is 4.90 Å². The quantitative estimate of drug-likeness (QED) is 0.644. The number of carbonyl (C=O) groups is 2. The molecule has 24 heavy (non-hydrogen) atoms. The summed E-state index contributed by atoms with van der Waals surface area (Å²) in [5.41, 5.74) is 1.26. The minimum absolute atomic E-state index is 0.0306. The number of aryl methyl sites for hydroxylation is 1. The molecular formula is C18H29N3O3. The van der Waals surface area contributed by atoms with Crippen molar-refractivity contribution in [2.45, 2.75) is 33.6 Å². The number of hydrogen-bond donors (Lipinski definition) is 2. The summed E-state index contributed by atoms with van der Waals surface area (Å²) in [6.07, 6.45) is 2.15. The van der Waals surface area contributed by atoms with E-state index in [4.69, 9.17) is 4.74 Å². The lowest BCUT2D eigenvalue weighted by Crippen LogP contribution is -2.43. The summed E-state index contributed by atoms with van der Waals surface area (Å²) in [7, 11) is 0. The Morgan fingerprint density at radius 2 is 1.62 bits per heavy atom. The zero-order valence-electron chi connectivity index (χ0n) is 14.9. The molecule has 0 aliphatic rings. The highest BCUT2D eigenvalue weighted by molar-refractivity contribution is 5.77. The third-order valence-electron chi connectivity index (χ3n) is 3.61. The second-order valence-corrected chi connectivity index (χ2v) is 5.44. The van der Waals surface area contributed by atoms with Gasteiger partial charge in [0, 0.05) is 26.2 Å². The molecule has 3 amide bonds. The predicted molar refractivity (Wildman–Crippen MR) is 95.3 cm³/mol. The first-order valence-corrected chi connectivity index (χ1v) is 8.61. The minimum Gasteiger partial charge on any atom is -0.484 e. The predicted octanol–water partition coefficient (Wildman–Crippen LogP) is 2.19. The Bertz CT molecular complexity index is 499. The molecule has 6 heteroatoms. The topological polar surface area (TPSA) is 70.7 Å². The number of hydrogen-bond acceptors (Lipinski definition) is 3. The van der Waals surface area contributed by atoms with E-state index in [0.29, 0.717) is 31.9 Å². The van der Waals surface area contributed by atoms with Crippen molar-refractivity contribution in [3.05, 3.63) is 29.8 Å². The Morgan fingerprint density at radius 3 is 2.21 bits per heavy atom. The van der Waals surface area contributed by atoms with Crippen molar-refractivity contribution in [2.24, 2.45) is 0 Å². The van der Waals surface area contributed by atoms with Crippen LogP contribution in [0.25, 0.3) is 0 Å². The van der Waals surface area contributed by atoms with E-state index in [0.717, 1.165) is 12.8 Å². The van der Waals surface area contributed by atoms with Crippen molar-refractivity contribution < 1.29 is 14.3 Å². The number of ether oxygens (including phenoxy) is 1. The molecule has 0 aliphatic carbocycles. The van der Waals surface area contributed by atoms with Gasteiger partial charge in [0.05, 0.1) is 0 Å². The number of amides is 3. The molecule has 0 heterocycles. The van der Waals surface area contributed by atoms with Gasteiger partial charge in [-0.15, -0.1) is 0 Å². The van der Waals surface area contributed by atoms with Crippen molar-refractivity contribution in [3.8, 4) is 5.75 Å². The van der Waals surface area contributed by atoms with Gasteiger partial charge in [-0.1, -0.05) is 25.5 Å². The van der Waals surface area contributed by atoms with E-state index in [1.807, 2.05) is 38.1 Å². The van der Waals surface area contributed by atoms with E-state index >= 15 is 0 Å². The van der Waals surface area contributed by atoms with Crippen LogP contribution in [0, 0.1) is 0 Å². The molecule has 1 aromatic carbocycles. The van der Waals surface area contributed by atoms with Crippen LogP contribution in [0.4, 0.5) is 4.79 Å². The van der Waals surface area contributed by atoms with E-state index in [9.17, 15) is 9.59 Å². The molecule has 0 aliphatic heterocycles. The molecular weight excluding hydrogens is 306 g/mol. The molecule has 0 bridgehead atoms. The summed E-state index contributed by atoms with van der Waals surface area (Å²) in [5.74, 6) is 0.476. The fraction of sp³-hybridized carbons (Fsp3) is 0.556. The summed E-state index contributed by atoms with van der Waals surface area (Å²) in [6, 6.07) is 7.67. The van der Waals surface area contributed by atoms with Gasteiger partial charge in [0.15, 0.2) is 6.61 Å². The summed E-state index contributed by atoms with van der Waals surface area (Å²) in [4.78, 5) is 25.1. The lowest BCUT2D eigenvalue weighted by Gasteiger charge is -2.19. The number of nitrogens with one attached hydrogen (secondary N) is 2. The van der Waals surface area contributed by atoms with Crippen LogP contribution in [-0.2, 0) is 11.2 Å². The number of urea groups is 1. The number of benzene rings is 1. The molecule has 0 fully saturated rings. The molecule has 1 aromatic rings. The van der Waals surface area contributed by atoms with Gasteiger partial charge in [-0.3, -0.25) is 4.79 Å². The van der Waals surface area contributed by atoms with Crippen molar-refractivity contribution in [1.82, 2.24) is 15.5 Å². The van der Waals surface area contributed by atoms with Crippen LogP contribution in [0.2, 0.25) is 0 Å². The minimum atomic E-state index is -0.204. The Labute approximate surface area is 144 Å². The van der Waals surface area contributed by atoms with Crippen LogP contribution in [0.5, 0.6) is 5.75 Å². The van der Waals surface area contributed by atoms with Gasteiger partial charge in [-0.05, 0) is 38.0 Å². The molecule has 0 saturated heterocycles. The molecule has 0 saturated carbocycles. The third kappa shape index (κ3) is 7.35. The smallest absolute Gasteiger partial charge is 0.317 e. The van der Waals surface area contributed by atoms with Crippen LogP contribution in [0.1, 0.15) is 32.8 Å². The molecule has 0 radical (unpaired) electrons. The number of carbonyl (C=O) groups excluding carboxylic acids is 2. The number of rotatable bonds is 10. The molecule has 0 aromatic heterocycles. The average molecular weight is 335 g/mol. The van der Waals surface area contributed by atoms with Crippen molar-refractivity contribution in [1.29, 1.82) is 0 Å². The Morgan fingerprint density at radius 1 is 1.00 bits per heavy atom. The second-order valence-electron chi connectivity index (χ2n) is 5.44. The molecule has 6 nitrogen and oxygen atoms in total. The highest BCUT2D eigenvalue weighted by atomic mass is 16.5. The zero-order valence-corrected chi connectivity index (χ0v) is 14.9. The van der Waals surface area contributed by atoms with Crippen LogP contribution < -0.4 is 15.4 Å². The third-order valence-corrected chi connectivity index (χ3v) is 3.61. The van der Waals surface area contributed by atoms with Crippen LogP contribution in [-0.4, -0.2) is 49.6 Å². The lowest BCUT2D eigenvalue weighted by atomic mass is 10.1. The van der Waals surface area contributed by atoms with Gasteiger partial charge < -0.3 is 20.3 Å². The Kier molecular flexibility index (Phi) is 9.34. The van der Waals surface area contributed by atoms with Crippen LogP contribution >= 0.6 is 0 Å². The fourth-order valence-corrected chi connectivity index (χ4v) is 2.23. The second kappa shape index (κ2) is 11.3. The molecule has 1 rings (SSSR count). The normalized spacial score (nSPS) is 10.1. The van der Waals surface area contributed by atoms with Crippen molar-refractivity contribution in [2.75, 3.05) is 32.8 Å². The van der Waals surface area contributed by atoms with Crippen LogP contribution in [0.15, 0.2) is 24.3 Å². The standard InChI is InChI=1S/C18H29N3O3/c1-4-7-15-8-10-16(11-9-15)24-14-17(22)19-12-13-20-18(23)21(5-2)6-3/h8-11H,4-7,12-14H2,1-3H3,(H,19,22)(H,20,23). The fourth-order valence-electron chi connectivity index (χ4n) is 2.23. The number of nitrogens with zero attached hydrogens (tertiary/aromatic N) is 1. The maximum Gasteiger partial charge on any atom is 0.317 e. The van der Waals surface area contributed by atoms with Crippen LogP contribution in [0.3, 0.4) is 0 Å². The first kappa shape index (κ1) is 19.8. The molecule has 2 N–H and O–H groups in total. The van der Waals surface area contributed by atoms with Gasteiger partial charge >= 0.3 is 6.03 Å². The maximum atomic E-state index is 11.7. The van der Waals surface area contributed by atoms with E-state index in [1.165, 1.54) is 5.56 Å². The van der Waals surface area contributed by atoms with Crippen molar-refractivity contribution in [3.63, 3.8) is 0 Å². The molecule has 0 unspecified atom stereocenters. The largest absolute Gasteiger partial charge is 0.484 e. The summed E-state index contributed by atoms with van der Waals surface area (Å²) < 4.78 is 5.44. The molecule has 0 spiro atoms. The summed E-state index contributed by atoms with van der Waals surface area (Å²) >= 11 is 0.